The van der Waals surface area contributed by atoms with Gasteiger partial charge in [0.05, 0.1) is 4.90 Å². The van der Waals surface area contributed by atoms with Crippen molar-refractivity contribution >= 4 is 20.2 Å². The van der Waals surface area contributed by atoms with Gasteiger partial charge in [-0.1, -0.05) is 82.9 Å². The maximum Gasteiger partial charge on any atom is 1.00 e. The fourth-order valence-corrected chi connectivity index (χ4v) is 5.49. The van der Waals surface area contributed by atoms with Gasteiger partial charge in [0.15, 0.2) is 0 Å². The Morgan fingerprint density at radius 3 is 1.69 bits per heavy atom. The molecule has 0 aromatic heterocycles. The molecule has 0 unspecified atom stereocenters. The molecule has 0 spiro atoms. The third-order valence-electron chi connectivity index (χ3n) is 5.45. The molecule has 0 saturated carbocycles. The molecule has 0 aliphatic carbocycles. The fourth-order valence-electron chi connectivity index (χ4n) is 3.82. The van der Waals surface area contributed by atoms with Crippen molar-refractivity contribution in [1.82, 2.24) is 0 Å². The summed E-state index contributed by atoms with van der Waals surface area (Å²) in [6.45, 7) is 2.18. The molecule has 0 saturated heterocycles. The normalized spacial score (nSPS) is 11.4. The molecule has 2 rings (SSSR count). The van der Waals surface area contributed by atoms with Gasteiger partial charge in [0.25, 0.3) is 0 Å². The van der Waals surface area contributed by atoms with Crippen molar-refractivity contribution in [1.29, 1.82) is 0 Å². The zero-order valence-corrected chi connectivity index (χ0v) is 26.6. The van der Waals surface area contributed by atoms with Crippen LogP contribution in [0.4, 0.5) is 0 Å². The first-order valence-corrected chi connectivity index (χ1v) is 14.3. The topological polar surface area (TPSA) is 124 Å². The van der Waals surface area contributed by atoms with Gasteiger partial charge in [-0.05, 0) is 42.7 Å². The first-order valence-electron chi connectivity index (χ1n) is 11.4. The minimum Gasteiger partial charge on any atom is -0.744 e. The predicted molar refractivity (Wildman–Crippen MR) is 124 cm³/mol. The number of unbranched alkanes of at least 4 members (excludes halogenated alkanes) is 9. The summed E-state index contributed by atoms with van der Waals surface area (Å²) >= 11 is 0. The third kappa shape index (κ3) is 12.4. The maximum absolute atomic E-state index is 12.1. The van der Waals surface area contributed by atoms with Crippen molar-refractivity contribution < 1.29 is 89.8 Å². The van der Waals surface area contributed by atoms with Gasteiger partial charge in [-0.25, -0.2) is 16.8 Å². The van der Waals surface area contributed by atoms with Crippen molar-refractivity contribution in [2.45, 2.75) is 87.3 Å². The zero-order chi connectivity index (χ0) is 24.3. The first-order chi connectivity index (χ1) is 15.6. The molecule has 0 bridgehead atoms. The van der Waals surface area contributed by atoms with Gasteiger partial charge in [0.2, 0.25) is 0 Å². The van der Waals surface area contributed by atoms with Crippen molar-refractivity contribution in [2.75, 3.05) is 0 Å². The number of benzene rings is 2. The van der Waals surface area contributed by atoms with E-state index in [-0.39, 0.29) is 82.6 Å². The molecule has 0 aliphatic rings. The van der Waals surface area contributed by atoms with Crippen LogP contribution in [0.3, 0.4) is 0 Å². The molecule has 2 aromatic carbocycles. The van der Waals surface area contributed by atoms with Crippen LogP contribution in [0.25, 0.3) is 0 Å². The molecule has 0 fully saturated rings. The summed E-state index contributed by atoms with van der Waals surface area (Å²) < 4.78 is 77.2. The van der Waals surface area contributed by atoms with Gasteiger partial charge < -0.3 is 13.8 Å². The first kappa shape index (κ1) is 35.1. The molecular formula is C24H32Na2O7S2. The number of rotatable bonds is 15. The van der Waals surface area contributed by atoms with Crippen molar-refractivity contribution in [3.8, 4) is 11.5 Å². The van der Waals surface area contributed by atoms with E-state index in [1.807, 2.05) is 0 Å². The van der Waals surface area contributed by atoms with E-state index < -0.39 is 30.0 Å². The van der Waals surface area contributed by atoms with Crippen LogP contribution >= 0.6 is 0 Å². The third-order valence-corrected chi connectivity index (χ3v) is 7.32. The quantitative estimate of drug-likeness (QED) is 0.173. The molecule has 0 N–H and O–H groups in total. The Bertz CT molecular complexity index is 1090. The van der Waals surface area contributed by atoms with Crippen molar-refractivity contribution in [3.63, 3.8) is 0 Å². The van der Waals surface area contributed by atoms with Crippen molar-refractivity contribution in [2.24, 2.45) is 0 Å². The van der Waals surface area contributed by atoms with Crippen LogP contribution in [0.1, 0.15) is 76.7 Å². The van der Waals surface area contributed by atoms with Gasteiger partial charge in [-0.2, -0.15) is 0 Å². The number of para-hydroxylation sites is 1. The molecular weight excluding hydrogens is 510 g/mol. The number of hydrogen-bond donors (Lipinski definition) is 0. The summed E-state index contributed by atoms with van der Waals surface area (Å²) in [5.41, 5.74) is -0.284. The molecule has 0 atom stereocenters. The van der Waals surface area contributed by atoms with Gasteiger partial charge in [-0.15, -0.1) is 0 Å². The monoisotopic (exact) mass is 542 g/mol. The Morgan fingerprint density at radius 1 is 0.686 bits per heavy atom. The van der Waals surface area contributed by atoms with E-state index in [4.69, 9.17) is 4.74 Å². The molecule has 0 aliphatic heterocycles. The Kier molecular flexibility index (Phi) is 17.6. The molecule has 7 nitrogen and oxygen atoms in total. The molecule has 0 amide bonds. The van der Waals surface area contributed by atoms with E-state index in [9.17, 15) is 25.9 Å². The zero-order valence-electron chi connectivity index (χ0n) is 21.0. The van der Waals surface area contributed by atoms with Crippen LogP contribution in [0.5, 0.6) is 11.5 Å². The molecule has 11 heteroatoms. The van der Waals surface area contributed by atoms with E-state index in [0.717, 1.165) is 37.8 Å². The molecule has 0 radical (unpaired) electrons. The van der Waals surface area contributed by atoms with Crippen LogP contribution < -0.4 is 63.9 Å². The van der Waals surface area contributed by atoms with E-state index in [0.29, 0.717) is 6.42 Å². The average molecular weight is 543 g/mol. The van der Waals surface area contributed by atoms with Crippen LogP contribution in [-0.2, 0) is 26.7 Å². The van der Waals surface area contributed by atoms with Crippen LogP contribution in [0.15, 0.2) is 52.3 Å². The largest absolute Gasteiger partial charge is 1.00 e. The van der Waals surface area contributed by atoms with Crippen LogP contribution in [-0.4, -0.2) is 25.9 Å². The second-order valence-corrected chi connectivity index (χ2v) is 10.8. The van der Waals surface area contributed by atoms with Crippen molar-refractivity contribution in [3.05, 3.63) is 48.0 Å². The summed E-state index contributed by atoms with van der Waals surface area (Å²) in [5.74, 6) is -0.00398. The summed E-state index contributed by atoms with van der Waals surface area (Å²) in [7, 11) is -10.1. The Balaban J connectivity index is 0.00000578. The fraction of sp³-hybridized carbons (Fsp3) is 0.500. The van der Waals surface area contributed by atoms with Gasteiger partial charge in [-0.3, -0.25) is 0 Å². The van der Waals surface area contributed by atoms with Crippen LogP contribution in [0, 0.1) is 0 Å². The Hall–Kier alpha value is 0.0600. The van der Waals surface area contributed by atoms with Crippen LogP contribution in [0.2, 0.25) is 0 Å². The van der Waals surface area contributed by atoms with E-state index in [2.05, 4.69) is 6.92 Å². The number of ether oxygens (including phenoxy) is 1. The smallest absolute Gasteiger partial charge is 0.744 e. The molecule has 184 valence electrons. The molecule has 35 heavy (non-hydrogen) atoms. The second-order valence-electron chi connectivity index (χ2n) is 8.12. The Labute approximate surface area is 254 Å². The number of hydrogen-bond acceptors (Lipinski definition) is 7. The van der Waals surface area contributed by atoms with E-state index in [1.54, 1.807) is 30.3 Å². The summed E-state index contributed by atoms with van der Waals surface area (Å²) in [6.07, 6.45) is 10.3. The van der Waals surface area contributed by atoms with Gasteiger partial charge in [0.1, 0.15) is 36.6 Å². The van der Waals surface area contributed by atoms with Gasteiger partial charge >= 0.3 is 59.1 Å². The molecule has 2 aromatic rings. The van der Waals surface area contributed by atoms with E-state index >= 15 is 0 Å². The minimum atomic E-state index is -5.11. The minimum absolute atomic E-state index is 0. The second kappa shape index (κ2) is 17.5. The summed E-state index contributed by atoms with van der Waals surface area (Å²) in [6, 6.07) is 10.3. The summed E-state index contributed by atoms with van der Waals surface area (Å²) in [4.78, 5) is -1.47. The standard InChI is InChI=1S/C24H34O7S2.2Na/c1-2-3-4-5-6-7-8-9-10-14-17-21-23(32(25,26)27)19-18-22(24(21)33(28,29)30)31-20-15-12-11-13-16-20;;/h11-13,15-16,18-19H,2-10,14,17H2,1H3,(H,25,26,27)(H,28,29,30);;/q;2*+1/p-2. The SMILES string of the molecule is CCCCCCCCCCCCc1c(S(=O)(=O)[O-])ccc(Oc2ccccc2)c1S(=O)(=O)[O-].[Na+].[Na+]. The molecule has 0 heterocycles. The van der Waals surface area contributed by atoms with Gasteiger partial charge in [0, 0.05) is 0 Å². The van der Waals surface area contributed by atoms with E-state index in [1.165, 1.54) is 32.1 Å². The average Bonchev–Trinajstić information content (AvgIpc) is 2.74. The summed E-state index contributed by atoms with van der Waals surface area (Å²) in [5, 5.41) is 0. The Morgan fingerprint density at radius 2 is 1.20 bits per heavy atom. The maximum atomic E-state index is 12.1. The predicted octanol–water partition coefficient (Wildman–Crippen LogP) is -0.241.